The molecule has 0 unspecified atom stereocenters. The summed E-state index contributed by atoms with van der Waals surface area (Å²) in [5.74, 6) is 0.808. The van der Waals surface area contributed by atoms with E-state index in [0.29, 0.717) is 6.04 Å². The Morgan fingerprint density at radius 1 is 1.24 bits per heavy atom. The summed E-state index contributed by atoms with van der Waals surface area (Å²) < 4.78 is 7.20. The largest absolute Gasteiger partial charge is 0.497 e. The van der Waals surface area contributed by atoms with Gasteiger partial charge in [0, 0.05) is 23.7 Å². The van der Waals surface area contributed by atoms with Crippen molar-refractivity contribution in [1.29, 1.82) is 0 Å². The highest BCUT2D eigenvalue weighted by Gasteiger charge is 2.15. The van der Waals surface area contributed by atoms with E-state index in [2.05, 4.69) is 20.6 Å². The maximum atomic E-state index is 5.36. The van der Waals surface area contributed by atoms with Gasteiger partial charge in [0.05, 0.1) is 30.2 Å². The highest BCUT2D eigenvalue weighted by molar-refractivity contribution is 5.88. The van der Waals surface area contributed by atoms with Gasteiger partial charge >= 0.3 is 0 Å². The second kappa shape index (κ2) is 6.80. The molecule has 1 aliphatic carbocycles. The first-order chi connectivity index (χ1) is 12.2. The average molecular weight is 337 g/mol. The van der Waals surface area contributed by atoms with Gasteiger partial charge in [0.15, 0.2) is 0 Å². The monoisotopic (exact) mass is 337 g/mol. The minimum atomic E-state index is 0.624. The van der Waals surface area contributed by atoms with Crippen LogP contribution in [0.3, 0.4) is 0 Å². The van der Waals surface area contributed by atoms with E-state index in [-0.39, 0.29) is 0 Å². The summed E-state index contributed by atoms with van der Waals surface area (Å²) in [6, 6.07) is 8.55. The number of benzene rings is 1. The van der Waals surface area contributed by atoms with Crippen molar-refractivity contribution in [3.63, 3.8) is 0 Å². The highest BCUT2D eigenvalue weighted by atomic mass is 16.5. The van der Waals surface area contributed by atoms with Crippen LogP contribution in [0.5, 0.6) is 5.75 Å². The van der Waals surface area contributed by atoms with Crippen LogP contribution in [0.15, 0.2) is 30.5 Å². The molecule has 25 heavy (non-hydrogen) atoms. The van der Waals surface area contributed by atoms with Gasteiger partial charge in [0.1, 0.15) is 5.75 Å². The zero-order valence-corrected chi connectivity index (χ0v) is 14.7. The molecule has 1 aromatic carbocycles. The molecule has 2 aromatic heterocycles. The first-order valence-corrected chi connectivity index (χ1v) is 8.83. The maximum Gasteiger partial charge on any atom is 0.119 e. The lowest BCUT2D eigenvalue weighted by molar-refractivity contribution is 0.415. The molecule has 6 nitrogen and oxygen atoms in total. The molecule has 1 saturated carbocycles. The SMILES string of the molecule is COc1ccc2nc(C)cc(-n3cc(CNC4CCCC4)nn3)c2c1. The molecule has 6 heteroatoms. The summed E-state index contributed by atoms with van der Waals surface area (Å²) in [5, 5.41) is 13.3. The normalized spacial score (nSPS) is 15.1. The number of fused-ring (bicyclic) bond motifs is 1. The van der Waals surface area contributed by atoms with Crippen molar-refractivity contribution >= 4 is 10.9 Å². The summed E-state index contributed by atoms with van der Waals surface area (Å²) in [4.78, 5) is 4.60. The van der Waals surface area contributed by atoms with Crippen LogP contribution in [0, 0.1) is 6.92 Å². The number of pyridine rings is 1. The van der Waals surface area contributed by atoms with Crippen LogP contribution >= 0.6 is 0 Å². The van der Waals surface area contributed by atoms with E-state index in [1.54, 1.807) is 7.11 Å². The minimum Gasteiger partial charge on any atom is -0.497 e. The molecule has 1 aliphatic rings. The number of hydrogen-bond donors (Lipinski definition) is 1. The third-order valence-corrected chi connectivity index (χ3v) is 4.84. The van der Waals surface area contributed by atoms with Gasteiger partial charge in [0.2, 0.25) is 0 Å². The number of methoxy groups -OCH3 is 1. The van der Waals surface area contributed by atoms with Crippen molar-refractivity contribution in [2.45, 2.75) is 45.2 Å². The Balaban J connectivity index is 1.64. The van der Waals surface area contributed by atoms with Crippen molar-refractivity contribution < 1.29 is 4.74 Å². The molecule has 0 radical (unpaired) electrons. The molecule has 0 spiro atoms. The molecule has 0 bridgehead atoms. The molecule has 3 aromatic rings. The number of aryl methyl sites for hydroxylation is 1. The fourth-order valence-electron chi connectivity index (χ4n) is 3.51. The Hall–Kier alpha value is -2.47. The molecular formula is C19H23N5O. The second-order valence-corrected chi connectivity index (χ2v) is 6.68. The lowest BCUT2D eigenvalue weighted by Gasteiger charge is -2.10. The first kappa shape index (κ1) is 16.0. The van der Waals surface area contributed by atoms with Crippen molar-refractivity contribution in [3.8, 4) is 11.4 Å². The lowest BCUT2D eigenvalue weighted by Crippen LogP contribution is -2.25. The Morgan fingerprint density at radius 2 is 2.08 bits per heavy atom. The van der Waals surface area contributed by atoms with Gasteiger partial charge in [-0.2, -0.15) is 0 Å². The van der Waals surface area contributed by atoms with Crippen molar-refractivity contribution in [3.05, 3.63) is 41.9 Å². The van der Waals surface area contributed by atoms with Crippen LogP contribution in [0.1, 0.15) is 37.1 Å². The highest BCUT2D eigenvalue weighted by Crippen LogP contribution is 2.26. The molecule has 2 heterocycles. The van der Waals surface area contributed by atoms with Crippen LogP contribution < -0.4 is 10.1 Å². The predicted molar refractivity (Wildman–Crippen MR) is 97.0 cm³/mol. The summed E-state index contributed by atoms with van der Waals surface area (Å²) >= 11 is 0. The Morgan fingerprint density at radius 3 is 2.88 bits per heavy atom. The van der Waals surface area contributed by atoms with Crippen LogP contribution in [-0.4, -0.2) is 33.1 Å². The molecule has 1 fully saturated rings. The van der Waals surface area contributed by atoms with Gasteiger partial charge in [0.25, 0.3) is 0 Å². The molecule has 0 aliphatic heterocycles. The summed E-state index contributed by atoms with van der Waals surface area (Å²) in [6.45, 7) is 2.75. The molecular weight excluding hydrogens is 314 g/mol. The number of nitrogens with zero attached hydrogens (tertiary/aromatic N) is 4. The van der Waals surface area contributed by atoms with Gasteiger partial charge in [-0.15, -0.1) is 5.10 Å². The first-order valence-electron chi connectivity index (χ1n) is 8.83. The van der Waals surface area contributed by atoms with E-state index in [9.17, 15) is 0 Å². The molecule has 4 rings (SSSR count). The van der Waals surface area contributed by atoms with Gasteiger partial charge in [-0.25, -0.2) is 4.68 Å². The Bertz CT molecular complexity index is 883. The summed E-state index contributed by atoms with van der Waals surface area (Å²) in [7, 11) is 1.67. The summed E-state index contributed by atoms with van der Waals surface area (Å²) in [6.07, 6.45) is 7.18. The van der Waals surface area contributed by atoms with Crippen LogP contribution in [-0.2, 0) is 6.54 Å². The van der Waals surface area contributed by atoms with E-state index in [0.717, 1.165) is 40.3 Å². The van der Waals surface area contributed by atoms with Gasteiger partial charge in [-0.1, -0.05) is 18.1 Å². The second-order valence-electron chi connectivity index (χ2n) is 6.68. The number of hydrogen-bond acceptors (Lipinski definition) is 5. The van der Waals surface area contributed by atoms with Crippen LogP contribution in [0.25, 0.3) is 16.6 Å². The Kier molecular flexibility index (Phi) is 4.36. The number of ether oxygens (including phenoxy) is 1. The molecule has 1 N–H and O–H groups in total. The van der Waals surface area contributed by atoms with Crippen molar-refractivity contribution in [2.75, 3.05) is 7.11 Å². The van der Waals surface area contributed by atoms with E-state index in [1.165, 1.54) is 25.7 Å². The zero-order valence-electron chi connectivity index (χ0n) is 14.7. The van der Waals surface area contributed by atoms with Crippen LogP contribution in [0.2, 0.25) is 0 Å². The maximum absolute atomic E-state index is 5.36. The number of nitrogens with one attached hydrogen (secondary N) is 1. The average Bonchev–Trinajstić information content (AvgIpc) is 3.30. The molecule has 0 amide bonds. The topological polar surface area (TPSA) is 64.9 Å². The third kappa shape index (κ3) is 3.35. The molecule has 0 saturated heterocycles. The van der Waals surface area contributed by atoms with Gasteiger partial charge < -0.3 is 10.1 Å². The minimum absolute atomic E-state index is 0.624. The van der Waals surface area contributed by atoms with Gasteiger partial charge in [-0.05, 0) is 44.0 Å². The van der Waals surface area contributed by atoms with Crippen LogP contribution in [0.4, 0.5) is 0 Å². The van der Waals surface area contributed by atoms with Gasteiger partial charge in [-0.3, -0.25) is 4.98 Å². The number of aromatic nitrogens is 4. The van der Waals surface area contributed by atoms with Crippen molar-refractivity contribution in [1.82, 2.24) is 25.3 Å². The number of rotatable bonds is 5. The standard InChI is InChI=1S/C19H23N5O/c1-13-9-19(17-10-16(25-2)7-8-18(17)21-13)24-12-15(22-23-24)11-20-14-5-3-4-6-14/h7-10,12,14,20H,3-6,11H2,1-2H3. The molecule has 130 valence electrons. The van der Waals surface area contributed by atoms with E-state index >= 15 is 0 Å². The fourth-order valence-corrected chi connectivity index (χ4v) is 3.51. The predicted octanol–water partition coefficient (Wildman–Crippen LogP) is 3.16. The van der Waals surface area contributed by atoms with E-state index in [4.69, 9.17) is 4.74 Å². The molecule has 0 atom stereocenters. The Labute approximate surface area is 147 Å². The van der Waals surface area contributed by atoms with Crippen molar-refractivity contribution in [2.24, 2.45) is 0 Å². The van der Waals surface area contributed by atoms with E-state index in [1.807, 2.05) is 42.1 Å². The zero-order chi connectivity index (χ0) is 17.2. The third-order valence-electron chi connectivity index (χ3n) is 4.84. The quantitative estimate of drug-likeness (QED) is 0.775. The lowest BCUT2D eigenvalue weighted by atomic mass is 10.1. The summed E-state index contributed by atoms with van der Waals surface area (Å²) in [5.41, 5.74) is 3.81. The fraction of sp³-hybridized carbons (Fsp3) is 0.421. The van der Waals surface area contributed by atoms with E-state index < -0.39 is 0 Å². The smallest absolute Gasteiger partial charge is 0.119 e.